The molecule has 0 spiro atoms. The third kappa shape index (κ3) is 4.28. The summed E-state index contributed by atoms with van der Waals surface area (Å²) in [7, 11) is 5.01. The van der Waals surface area contributed by atoms with E-state index in [4.69, 9.17) is 18.9 Å². The number of rotatable bonds is 8. The Morgan fingerprint density at radius 2 is 1.59 bits per heavy atom. The molecule has 0 saturated carbocycles. The van der Waals surface area contributed by atoms with Crippen LogP contribution in [0, 0.1) is 0 Å². The van der Waals surface area contributed by atoms with E-state index in [2.05, 4.69) is 39.9 Å². The fraction of sp³-hybridized carbons (Fsp3) is 0.385. The number of hydrogen-bond donors (Lipinski definition) is 0. The molecule has 6 heteroatoms. The minimum absolute atomic E-state index is 0.00283. The minimum Gasteiger partial charge on any atom is -0.496 e. The summed E-state index contributed by atoms with van der Waals surface area (Å²) < 4.78 is 25.3. The number of aryl methyl sites for hydroxylation is 1. The van der Waals surface area contributed by atoms with Crippen molar-refractivity contribution in [3.8, 4) is 23.0 Å². The maximum atomic E-state index is 5.92. The van der Waals surface area contributed by atoms with Gasteiger partial charge in [0.2, 0.25) is 0 Å². The summed E-state index contributed by atoms with van der Waals surface area (Å²) in [5.41, 5.74) is 3.47. The van der Waals surface area contributed by atoms with Crippen molar-refractivity contribution in [2.75, 3.05) is 34.5 Å². The zero-order chi connectivity index (χ0) is 22.5. The van der Waals surface area contributed by atoms with Crippen molar-refractivity contribution in [2.24, 2.45) is 0 Å². The summed E-state index contributed by atoms with van der Waals surface area (Å²) in [6, 6.07) is 16.6. The number of benzene rings is 2. The molecule has 2 aromatic carbocycles. The number of para-hydroxylation sites is 1. The summed E-state index contributed by atoms with van der Waals surface area (Å²) >= 11 is 0. The number of hydrogen-bond acceptors (Lipinski definition) is 5. The van der Waals surface area contributed by atoms with E-state index in [0.717, 1.165) is 43.1 Å². The van der Waals surface area contributed by atoms with Gasteiger partial charge in [-0.15, -0.1) is 0 Å². The van der Waals surface area contributed by atoms with Crippen LogP contribution in [0.1, 0.15) is 36.2 Å². The van der Waals surface area contributed by atoms with E-state index in [1.54, 1.807) is 21.3 Å². The molecule has 0 fully saturated rings. The molecule has 1 aliphatic rings. The van der Waals surface area contributed by atoms with Gasteiger partial charge in [0.05, 0.1) is 34.0 Å². The fourth-order valence-electron chi connectivity index (χ4n) is 4.58. The zero-order valence-electron chi connectivity index (χ0n) is 19.3. The number of methoxy groups -OCH3 is 3. The van der Waals surface area contributed by atoms with Crippen LogP contribution >= 0.6 is 0 Å². The lowest BCUT2D eigenvalue weighted by molar-refractivity contribution is 0.211. The molecular weight excluding hydrogens is 404 g/mol. The van der Waals surface area contributed by atoms with Crippen molar-refractivity contribution in [3.05, 3.63) is 71.5 Å². The fourth-order valence-corrected chi connectivity index (χ4v) is 4.58. The summed E-state index contributed by atoms with van der Waals surface area (Å²) in [5.74, 6) is 3.07. The predicted molar refractivity (Wildman–Crippen MR) is 125 cm³/mol. The normalized spacial score (nSPS) is 16.2. The molecule has 1 aliphatic heterocycles. The SMILES string of the molecule is CCOc1ccccc1CN1CCCn2cccc2C1c1cc(OC)c(OC)cc1OC. The molecule has 0 N–H and O–H groups in total. The maximum absolute atomic E-state index is 5.92. The molecule has 6 nitrogen and oxygen atoms in total. The molecule has 0 bridgehead atoms. The molecule has 3 aromatic rings. The maximum Gasteiger partial charge on any atom is 0.164 e. The Morgan fingerprint density at radius 1 is 0.844 bits per heavy atom. The largest absolute Gasteiger partial charge is 0.496 e. The van der Waals surface area contributed by atoms with Crippen molar-refractivity contribution < 1.29 is 18.9 Å². The lowest BCUT2D eigenvalue weighted by Crippen LogP contribution is -2.30. The summed E-state index contributed by atoms with van der Waals surface area (Å²) in [6.45, 7) is 5.37. The Bertz CT molecular complexity index is 1050. The minimum atomic E-state index is -0.00283. The summed E-state index contributed by atoms with van der Waals surface area (Å²) in [6.07, 6.45) is 3.22. The highest BCUT2D eigenvalue weighted by Crippen LogP contribution is 2.43. The Labute approximate surface area is 190 Å². The first kappa shape index (κ1) is 22.1. The van der Waals surface area contributed by atoms with Crippen LogP contribution in [0.15, 0.2) is 54.7 Å². The van der Waals surface area contributed by atoms with E-state index in [-0.39, 0.29) is 6.04 Å². The van der Waals surface area contributed by atoms with Gasteiger partial charge in [-0.3, -0.25) is 4.90 Å². The second-order valence-corrected chi connectivity index (χ2v) is 7.84. The molecule has 2 heterocycles. The van der Waals surface area contributed by atoms with Crippen LogP contribution in [0.2, 0.25) is 0 Å². The van der Waals surface area contributed by atoms with E-state index in [1.807, 2.05) is 31.2 Å². The van der Waals surface area contributed by atoms with Gasteiger partial charge in [-0.2, -0.15) is 0 Å². The van der Waals surface area contributed by atoms with E-state index in [1.165, 1.54) is 11.3 Å². The number of nitrogens with zero attached hydrogens (tertiary/aromatic N) is 2. The molecular formula is C26H32N2O4. The second-order valence-electron chi connectivity index (χ2n) is 7.84. The van der Waals surface area contributed by atoms with Gasteiger partial charge < -0.3 is 23.5 Å². The van der Waals surface area contributed by atoms with Crippen LogP contribution < -0.4 is 18.9 Å². The van der Waals surface area contributed by atoms with Crippen molar-refractivity contribution in [3.63, 3.8) is 0 Å². The van der Waals surface area contributed by atoms with Crippen molar-refractivity contribution >= 4 is 0 Å². The third-order valence-corrected chi connectivity index (χ3v) is 6.03. The first-order valence-electron chi connectivity index (χ1n) is 11.1. The van der Waals surface area contributed by atoms with Crippen LogP contribution in [0.5, 0.6) is 23.0 Å². The highest BCUT2D eigenvalue weighted by molar-refractivity contribution is 5.53. The standard InChI is InChI=1S/C26H32N2O4/c1-5-32-22-12-7-6-10-19(22)18-28-15-9-14-27-13-8-11-21(27)26(28)20-16-24(30-3)25(31-4)17-23(20)29-2/h6-8,10-13,16-17,26H,5,9,14-15,18H2,1-4H3. The van der Waals surface area contributed by atoms with Gasteiger partial charge in [-0.1, -0.05) is 18.2 Å². The zero-order valence-corrected chi connectivity index (χ0v) is 19.3. The molecule has 4 rings (SSSR count). The van der Waals surface area contributed by atoms with E-state index in [9.17, 15) is 0 Å². The first-order valence-corrected chi connectivity index (χ1v) is 11.1. The third-order valence-electron chi connectivity index (χ3n) is 6.03. The Balaban J connectivity index is 1.83. The second kappa shape index (κ2) is 10.0. The smallest absolute Gasteiger partial charge is 0.164 e. The van der Waals surface area contributed by atoms with Crippen molar-refractivity contribution in [2.45, 2.75) is 32.5 Å². The highest BCUT2D eigenvalue weighted by Gasteiger charge is 2.31. The van der Waals surface area contributed by atoms with Gasteiger partial charge in [0.15, 0.2) is 11.5 Å². The molecule has 0 amide bonds. The van der Waals surface area contributed by atoms with Crippen LogP contribution in [-0.2, 0) is 13.1 Å². The molecule has 170 valence electrons. The summed E-state index contributed by atoms with van der Waals surface area (Å²) in [4.78, 5) is 2.50. The quantitative estimate of drug-likeness (QED) is 0.502. The molecule has 0 radical (unpaired) electrons. The van der Waals surface area contributed by atoms with Crippen molar-refractivity contribution in [1.29, 1.82) is 0 Å². The van der Waals surface area contributed by atoms with Crippen molar-refractivity contribution in [1.82, 2.24) is 9.47 Å². The number of aromatic nitrogens is 1. The molecule has 32 heavy (non-hydrogen) atoms. The lowest BCUT2D eigenvalue weighted by atomic mass is 9.99. The average molecular weight is 437 g/mol. The molecule has 1 unspecified atom stereocenters. The van der Waals surface area contributed by atoms with Crippen LogP contribution in [0.3, 0.4) is 0 Å². The van der Waals surface area contributed by atoms with Crippen LogP contribution in [0.4, 0.5) is 0 Å². The molecule has 1 atom stereocenters. The average Bonchev–Trinajstić information content (AvgIpc) is 3.21. The van der Waals surface area contributed by atoms with Gasteiger partial charge in [0.1, 0.15) is 11.5 Å². The van der Waals surface area contributed by atoms with Gasteiger partial charge >= 0.3 is 0 Å². The van der Waals surface area contributed by atoms with Crippen LogP contribution in [-0.4, -0.2) is 43.9 Å². The Morgan fingerprint density at radius 3 is 2.34 bits per heavy atom. The summed E-state index contributed by atoms with van der Waals surface area (Å²) in [5, 5.41) is 0. The van der Waals surface area contributed by atoms with E-state index in [0.29, 0.717) is 18.1 Å². The van der Waals surface area contributed by atoms with Gasteiger partial charge in [0.25, 0.3) is 0 Å². The number of fused-ring (bicyclic) bond motifs is 1. The van der Waals surface area contributed by atoms with Crippen LogP contribution in [0.25, 0.3) is 0 Å². The molecule has 0 saturated heterocycles. The molecule has 1 aromatic heterocycles. The van der Waals surface area contributed by atoms with E-state index >= 15 is 0 Å². The van der Waals surface area contributed by atoms with Gasteiger partial charge in [0, 0.05) is 48.7 Å². The highest BCUT2D eigenvalue weighted by atomic mass is 16.5. The van der Waals surface area contributed by atoms with Gasteiger partial charge in [-0.05, 0) is 37.6 Å². The topological polar surface area (TPSA) is 45.1 Å². The van der Waals surface area contributed by atoms with E-state index < -0.39 is 0 Å². The molecule has 0 aliphatic carbocycles. The number of ether oxygens (including phenoxy) is 4. The monoisotopic (exact) mass is 436 g/mol. The Kier molecular flexibility index (Phi) is 6.90. The first-order chi connectivity index (χ1) is 15.7. The Hall–Kier alpha value is -3.12. The van der Waals surface area contributed by atoms with Gasteiger partial charge in [-0.25, -0.2) is 0 Å². The predicted octanol–water partition coefficient (Wildman–Crippen LogP) is 4.91. The lowest BCUT2D eigenvalue weighted by Gasteiger charge is -2.32.